The Hall–Kier alpha value is -4.04. The Balaban J connectivity index is 1.45. The zero-order valence-corrected chi connectivity index (χ0v) is 19.5. The molecular weight excluding hydrogens is 446 g/mol. The highest BCUT2D eigenvalue weighted by Crippen LogP contribution is 2.28. The zero-order chi connectivity index (χ0) is 24.2. The molecule has 0 spiro atoms. The molecule has 2 heterocycles. The van der Waals surface area contributed by atoms with E-state index in [-0.39, 0.29) is 0 Å². The number of benzene rings is 3. The van der Waals surface area contributed by atoms with Crippen molar-refractivity contribution in [3.05, 3.63) is 87.6 Å². The number of aromatic nitrogens is 2. The number of rotatable bonds is 8. The van der Waals surface area contributed by atoms with E-state index in [2.05, 4.69) is 9.88 Å². The Morgan fingerprint density at radius 2 is 1.66 bits per heavy atom. The van der Waals surface area contributed by atoms with Gasteiger partial charge in [-0.05, 0) is 68.4 Å². The minimum atomic E-state index is -0.555. The SMILES string of the molecule is COc1cc(OCCN2CCCC2)ccc1-n1c(=O)[nH]c2ccc(Oc3ccccc3)cc2c1=O. The first-order valence-electron chi connectivity index (χ1n) is 11.7. The van der Waals surface area contributed by atoms with Crippen molar-refractivity contribution in [1.82, 2.24) is 14.5 Å². The van der Waals surface area contributed by atoms with Gasteiger partial charge in [0.15, 0.2) is 0 Å². The van der Waals surface area contributed by atoms with Gasteiger partial charge in [0.1, 0.15) is 29.6 Å². The predicted octanol–water partition coefficient (Wildman–Crippen LogP) is 3.95. The van der Waals surface area contributed by atoms with Crippen LogP contribution in [-0.4, -0.2) is 47.8 Å². The van der Waals surface area contributed by atoms with Crippen LogP contribution in [0.5, 0.6) is 23.0 Å². The summed E-state index contributed by atoms with van der Waals surface area (Å²) in [4.78, 5) is 31.5. The number of H-pyrrole nitrogens is 1. The van der Waals surface area contributed by atoms with Gasteiger partial charge in [0.05, 0.1) is 23.7 Å². The lowest BCUT2D eigenvalue weighted by Crippen LogP contribution is -2.33. The van der Waals surface area contributed by atoms with Crippen molar-refractivity contribution in [3.63, 3.8) is 0 Å². The zero-order valence-electron chi connectivity index (χ0n) is 19.5. The molecular formula is C27H27N3O5. The Bertz CT molecular complexity index is 1440. The number of likely N-dealkylation sites (tertiary alicyclic amines) is 1. The van der Waals surface area contributed by atoms with Crippen LogP contribution >= 0.6 is 0 Å². The summed E-state index contributed by atoms with van der Waals surface area (Å²) in [6.07, 6.45) is 2.47. The predicted molar refractivity (Wildman–Crippen MR) is 134 cm³/mol. The summed E-state index contributed by atoms with van der Waals surface area (Å²) in [6, 6.07) is 19.4. The third kappa shape index (κ3) is 4.93. The molecule has 0 bridgehead atoms. The lowest BCUT2D eigenvalue weighted by molar-refractivity contribution is 0.237. The topological polar surface area (TPSA) is 85.8 Å². The van der Waals surface area contributed by atoms with E-state index in [0.717, 1.165) is 24.2 Å². The molecule has 8 nitrogen and oxygen atoms in total. The first kappa shape index (κ1) is 22.7. The summed E-state index contributed by atoms with van der Waals surface area (Å²) in [5, 5.41) is 0.325. The minimum absolute atomic E-state index is 0.325. The van der Waals surface area contributed by atoms with Gasteiger partial charge < -0.3 is 19.2 Å². The second kappa shape index (κ2) is 10.1. The molecule has 1 aliphatic rings. The maximum atomic E-state index is 13.4. The van der Waals surface area contributed by atoms with E-state index in [1.54, 1.807) is 36.4 Å². The van der Waals surface area contributed by atoms with Crippen LogP contribution in [-0.2, 0) is 0 Å². The molecule has 0 radical (unpaired) electrons. The smallest absolute Gasteiger partial charge is 0.333 e. The highest BCUT2D eigenvalue weighted by atomic mass is 16.5. The number of fused-ring (bicyclic) bond motifs is 1. The normalized spacial score (nSPS) is 13.7. The fraction of sp³-hybridized carbons (Fsp3) is 0.259. The van der Waals surface area contributed by atoms with E-state index >= 15 is 0 Å². The third-order valence-electron chi connectivity index (χ3n) is 6.12. The van der Waals surface area contributed by atoms with Crippen molar-refractivity contribution in [2.24, 2.45) is 0 Å². The van der Waals surface area contributed by atoms with Crippen LogP contribution in [0.25, 0.3) is 16.6 Å². The second-order valence-electron chi connectivity index (χ2n) is 8.42. The van der Waals surface area contributed by atoms with Crippen LogP contribution in [0.3, 0.4) is 0 Å². The van der Waals surface area contributed by atoms with Crippen LogP contribution in [0.1, 0.15) is 12.8 Å². The first-order valence-corrected chi connectivity index (χ1v) is 11.7. The van der Waals surface area contributed by atoms with Gasteiger partial charge in [-0.25, -0.2) is 9.36 Å². The van der Waals surface area contributed by atoms with Crippen LogP contribution < -0.4 is 25.5 Å². The molecule has 4 aromatic rings. The molecule has 0 amide bonds. The first-order chi connectivity index (χ1) is 17.1. The Morgan fingerprint density at radius 1 is 0.886 bits per heavy atom. The standard InChI is InChI=1S/C27H27N3O5/c1-33-25-18-20(34-16-15-29-13-5-6-14-29)10-12-24(25)30-26(31)22-17-21(9-11-23(22)28-27(30)32)35-19-7-3-2-4-8-19/h2-4,7-12,17-18H,5-6,13-16H2,1H3,(H,28,32). The van der Waals surface area contributed by atoms with Gasteiger partial charge >= 0.3 is 5.69 Å². The number of methoxy groups -OCH3 is 1. The number of nitrogens with zero attached hydrogens (tertiary/aromatic N) is 2. The van der Waals surface area contributed by atoms with Gasteiger partial charge in [-0.3, -0.25) is 9.69 Å². The van der Waals surface area contributed by atoms with Crippen LogP contribution in [0.15, 0.2) is 76.3 Å². The fourth-order valence-corrected chi connectivity index (χ4v) is 4.33. The van der Waals surface area contributed by atoms with Crippen molar-refractivity contribution in [2.75, 3.05) is 33.4 Å². The number of para-hydroxylation sites is 1. The van der Waals surface area contributed by atoms with Gasteiger partial charge in [0.2, 0.25) is 0 Å². The Labute approximate surface area is 202 Å². The van der Waals surface area contributed by atoms with E-state index in [4.69, 9.17) is 14.2 Å². The van der Waals surface area contributed by atoms with E-state index < -0.39 is 11.2 Å². The molecule has 1 saturated heterocycles. The van der Waals surface area contributed by atoms with Crippen molar-refractivity contribution < 1.29 is 14.2 Å². The Kier molecular flexibility index (Phi) is 6.54. The number of hydrogen-bond donors (Lipinski definition) is 1. The molecule has 1 aromatic heterocycles. The van der Waals surface area contributed by atoms with Crippen LogP contribution in [0, 0.1) is 0 Å². The van der Waals surface area contributed by atoms with Gasteiger partial charge in [0.25, 0.3) is 5.56 Å². The van der Waals surface area contributed by atoms with E-state index in [0.29, 0.717) is 46.2 Å². The molecule has 1 fully saturated rings. The lowest BCUT2D eigenvalue weighted by atomic mass is 10.2. The summed E-state index contributed by atoms with van der Waals surface area (Å²) >= 11 is 0. The molecule has 0 saturated carbocycles. The maximum Gasteiger partial charge on any atom is 0.333 e. The van der Waals surface area contributed by atoms with Crippen LogP contribution in [0.4, 0.5) is 0 Å². The molecule has 0 unspecified atom stereocenters. The third-order valence-corrected chi connectivity index (χ3v) is 6.12. The molecule has 5 rings (SSSR count). The number of aromatic amines is 1. The number of nitrogens with one attached hydrogen (secondary N) is 1. The van der Waals surface area contributed by atoms with Crippen molar-refractivity contribution in [2.45, 2.75) is 12.8 Å². The van der Waals surface area contributed by atoms with Crippen LogP contribution in [0.2, 0.25) is 0 Å². The molecule has 180 valence electrons. The molecule has 35 heavy (non-hydrogen) atoms. The fourth-order valence-electron chi connectivity index (χ4n) is 4.33. The molecule has 0 aliphatic carbocycles. The molecule has 1 aliphatic heterocycles. The van der Waals surface area contributed by atoms with Crippen molar-refractivity contribution >= 4 is 10.9 Å². The summed E-state index contributed by atoms with van der Waals surface area (Å²) in [5.74, 6) is 2.13. The summed E-state index contributed by atoms with van der Waals surface area (Å²) < 4.78 is 18.3. The maximum absolute atomic E-state index is 13.4. The van der Waals surface area contributed by atoms with Gasteiger partial charge in [0, 0.05) is 12.6 Å². The van der Waals surface area contributed by atoms with E-state index in [1.807, 2.05) is 30.3 Å². The monoisotopic (exact) mass is 473 g/mol. The summed E-state index contributed by atoms with van der Waals surface area (Å²) in [5.41, 5.74) is -0.261. The molecule has 3 aromatic carbocycles. The largest absolute Gasteiger partial charge is 0.494 e. The average molecular weight is 474 g/mol. The minimum Gasteiger partial charge on any atom is -0.494 e. The number of hydrogen-bond acceptors (Lipinski definition) is 6. The number of ether oxygens (including phenoxy) is 3. The quantitative estimate of drug-likeness (QED) is 0.417. The Morgan fingerprint density at radius 3 is 2.43 bits per heavy atom. The average Bonchev–Trinajstić information content (AvgIpc) is 3.39. The van der Waals surface area contributed by atoms with Crippen molar-refractivity contribution in [3.8, 4) is 28.7 Å². The van der Waals surface area contributed by atoms with Crippen molar-refractivity contribution in [1.29, 1.82) is 0 Å². The second-order valence-corrected chi connectivity index (χ2v) is 8.42. The summed E-state index contributed by atoms with van der Waals surface area (Å²) in [6.45, 7) is 3.64. The van der Waals surface area contributed by atoms with Gasteiger partial charge in [-0.15, -0.1) is 0 Å². The highest BCUT2D eigenvalue weighted by molar-refractivity contribution is 5.79. The highest BCUT2D eigenvalue weighted by Gasteiger charge is 2.16. The molecule has 8 heteroatoms. The van der Waals surface area contributed by atoms with E-state index in [9.17, 15) is 9.59 Å². The molecule has 1 N–H and O–H groups in total. The molecule has 0 atom stereocenters. The summed E-state index contributed by atoms with van der Waals surface area (Å²) in [7, 11) is 1.50. The van der Waals surface area contributed by atoms with E-state index in [1.165, 1.54) is 20.0 Å². The lowest BCUT2D eigenvalue weighted by Gasteiger charge is -2.16. The van der Waals surface area contributed by atoms with Gasteiger partial charge in [-0.2, -0.15) is 0 Å². The van der Waals surface area contributed by atoms with Gasteiger partial charge in [-0.1, -0.05) is 18.2 Å².